The molecule has 0 saturated heterocycles. The number of nitrogens with two attached hydrogens (primary N) is 1. The molecule has 0 spiro atoms. The Morgan fingerprint density at radius 2 is 1.68 bits per heavy atom. The van der Waals surface area contributed by atoms with E-state index in [1.165, 1.54) is 21.7 Å². The van der Waals surface area contributed by atoms with Crippen LogP contribution in [0.25, 0.3) is 22.3 Å². The Balaban J connectivity index is 1.36. The Morgan fingerprint density at radius 1 is 0.964 bits per heavy atom. The van der Waals surface area contributed by atoms with Gasteiger partial charge in [0.2, 0.25) is 5.91 Å². The predicted octanol–water partition coefficient (Wildman–Crippen LogP) is 7.73. The van der Waals surface area contributed by atoms with Crippen LogP contribution >= 0.6 is 11.6 Å². The molecule has 0 aliphatic heterocycles. The number of benzene rings is 3. The third kappa shape index (κ3) is 13.5. The van der Waals surface area contributed by atoms with Gasteiger partial charge < -0.3 is 35.8 Å². The summed E-state index contributed by atoms with van der Waals surface area (Å²) in [7, 11) is -1.30. The van der Waals surface area contributed by atoms with E-state index in [9.17, 15) is 24.3 Å². The van der Waals surface area contributed by atoms with Crippen LogP contribution < -0.4 is 16.4 Å². The van der Waals surface area contributed by atoms with Crippen molar-refractivity contribution in [3.8, 4) is 22.3 Å². The standard InChI is InChI=1S/C41H53ClN6O7Si/c1-41(2,3)55-40(53)47(25-28-13-15-31(34(42)23-28)29-11-8-7-9-12-29)20-17-36(49)45-19-10-18-44-35-24-30(39(51)52)14-16-32(35)33-26-48(46-37(33)38(43)50)27-54-21-22-56(4,5)6/h7-9,11-16,23-24,26,44H,10,17-22,25,27H2,1-6H3,(H2,43,50)(H,45,49)(H,51,52). The highest BCUT2D eigenvalue weighted by atomic mass is 35.5. The number of halogens is 1. The number of carboxylic acid groups (broad SMARTS) is 1. The first-order chi connectivity index (χ1) is 26.4. The molecule has 4 rings (SSSR count). The number of carboxylic acids is 1. The van der Waals surface area contributed by atoms with Gasteiger partial charge in [-0.3, -0.25) is 9.59 Å². The summed E-state index contributed by atoms with van der Waals surface area (Å²) in [5, 5.41) is 20.7. The van der Waals surface area contributed by atoms with Crippen LogP contribution in [-0.2, 0) is 27.5 Å². The Hall–Kier alpha value is -5.18. The summed E-state index contributed by atoms with van der Waals surface area (Å²) < 4.78 is 13.0. The fourth-order valence-electron chi connectivity index (χ4n) is 5.62. The summed E-state index contributed by atoms with van der Waals surface area (Å²) in [6, 6.07) is 20.9. The second-order valence-electron chi connectivity index (χ2n) is 15.7. The van der Waals surface area contributed by atoms with E-state index in [0.717, 1.165) is 22.7 Å². The summed E-state index contributed by atoms with van der Waals surface area (Å²) in [6.45, 7) is 13.8. The van der Waals surface area contributed by atoms with Gasteiger partial charge in [0.25, 0.3) is 5.91 Å². The molecular weight excluding hydrogens is 752 g/mol. The normalized spacial score (nSPS) is 11.6. The third-order valence-electron chi connectivity index (χ3n) is 8.52. The number of amides is 3. The maximum Gasteiger partial charge on any atom is 0.410 e. The molecule has 3 aromatic carbocycles. The molecule has 56 heavy (non-hydrogen) atoms. The first-order valence-electron chi connectivity index (χ1n) is 18.6. The largest absolute Gasteiger partial charge is 0.478 e. The van der Waals surface area contributed by atoms with Crippen molar-refractivity contribution in [3.05, 3.63) is 94.8 Å². The Morgan fingerprint density at radius 3 is 2.32 bits per heavy atom. The highest BCUT2D eigenvalue weighted by Gasteiger charge is 2.24. The number of carbonyl (C=O) groups excluding carboxylic acids is 3. The van der Waals surface area contributed by atoms with E-state index in [0.29, 0.717) is 48.0 Å². The summed E-state index contributed by atoms with van der Waals surface area (Å²) in [4.78, 5) is 51.9. The SMILES string of the molecule is CC(C)(C)OC(=O)N(CCC(=O)NCCCNc1cc(C(=O)O)ccc1-c1cn(COCC[Si](C)(C)C)nc1C(N)=O)Cc1ccc(-c2ccccc2)c(Cl)c1. The number of rotatable bonds is 19. The molecule has 5 N–H and O–H groups in total. The molecule has 1 heterocycles. The van der Waals surface area contributed by atoms with E-state index in [1.54, 1.807) is 33.0 Å². The van der Waals surface area contributed by atoms with E-state index in [1.807, 2.05) is 48.5 Å². The number of primary amides is 1. The van der Waals surface area contributed by atoms with Crippen LogP contribution in [0, 0.1) is 0 Å². The number of nitrogens with one attached hydrogen (secondary N) is 2. The number of aromatic carboxylic acids is 1. The Labute approximate surface area is 334 Å². The Bertz CT molecular complexity index is 1990. The van der Waals surface area contributed by atoms with Gasteiger partial charge in [0.15, 0.2) is 5.69 Å². The number of ether oxygens (including phenoxy) is 2. The van der Waals surface area contributed by atoms with Crippen LogP contribution in [0.15, 0.2) is 72.9 Å². The van der Waals surface area contributed by atoms with Crippen molar-refractivity contribution in [3.63, 3.8) is 0 Å². The number of anilines is 1. The first kappa shape index (κ1) is 43.5. The minimum atomic E-state index is -1.30. The van der Waals surface area contributed by atoms with Crippen LogP contribution in [0.2, 0.25) is 30.7 Å². The molecule has 3 amide bonds. The van der Waals surface area contributed by atoms with Crippen molar-refractivity contribution in [1.82, 2.24) is 20.0 Å². The first-order valence-corrected chi connectivity index (χ1v) is 22.6. The molecule has 0 aliphatic rings. The van der Waals surface area contributed by atoms with Crippen molar-refractivity contribution in [2.45, 2.75) is 78.2 Å². The molecule has 4 aromatic rings. The fourth-order valence-corrected chi connectivity index (χ4v) is 6.69. The van der Waals surface area contributed by atoms with Gasteiger partial charge in [-0.05, 0) is 62.6 Å². The summed E-state index contributed by atoms with van der Waals surface area (Å²) >= 11 is 6.64. The third-order valence-corrected chi connectivity index (χ3v) is 10.5. The molecule has 0 radical (unpaired) electrons. The van der Waals surface area contributed by atoms with Gasteiger partial charge in [-0.2, -0.15) is 5.10 Å². The van der Waals surface area contributed by atoms with E-state index in [-0.39, 0.29) is 43.4 Å². The Kier molecular flexibility index (Phi) is 15.2. The zero-order valence-electron chi connectivity index (χ0n) is 33.0. The van der Waals surface area contributed by atoms with Crippen molar-refractivity contribution in [2.75, 3.05) is 31.6 Å². The average molecular weight is 805 g/mol. The molecule has 15 heteroatoms. The summed E-state index contributed by atoms with van der Waals surface area (Å²) in [5.74, 6) is -2.09. The second-order valence-corrected chi connectivity index (χ2v) is 21.7. The lowest BCUT2D eigenvalue weighted by Gasteiger charge is -2.27. The smallest absolute Gasteiger partial charge is 0.410 e. The average Bonchev–Trinajstić information content (AvgIpc) is 3.55. The minimum Gasteiger partial charge on any atom is -0.478 e. The maximum absolute atomic E-state index is 13.2. The van der Waals surface area contributed by atoms with Crippen molar-refractivity contribution in [1.29, 1.82) is 0 Å². The lowest BCUT2D eigenvalue weighted by atomic mass is 10.0. The van der Waals surface area contributed by atoms with Gasteiger partial charge in [0, 0.05) is 80.9 Å². The number of hydrogen-bond acceptors (Lipinski definition) is 8. The molecule has 13 nitrogen and oxygen atoms in total. The van der Waals surface area contributed by atoms with Crippen molar-refractivity contribution in [2.24, 2.45) is 5.73 Å². The van der Waals surface area contributed by atoms with Gasteiger partial charge >= 0.3 is 12.1 Å². The topological polar surface area (TPSA) is 178 Å². The summed E-state index contributed by atoms with van der Waals surface area (Å²) in [5.41, 5.74) is 9.13. The van der Waals surface area contributed by atoms with Crippen LogP contribution in [0.4, 0.5) is 10.5 Å². The van der Waals surface area contributed by atoms with Gasteiger partial charge in [-0.1, -0.05) is 79.8 Å². The maximum atomic E-state index is 13.2. The summed E-state index contributed by atoms with van der Waals surface area (Å²) in [6.07, 6.45) is 1.63. The molecule has 1 aromatic heterocycles. The molecule has 0 bridgehead atoms. The van der Waals surface area contributed by atoms with Crippen LogP contribution in [0.3, 0.4) is 0 Å². The molecule has 300 valence electrons. The molecule has 0 atom stereocenters. The number of carbonyl (C=O) groups is 4. The van der Waals surface area contributed by atoms with E-state index in [4.69, 9.17) is 26.8 Å². The highest BCUT2D eigenvalue weighted by molar-refractivity contribution is 6.76. The van der Waals surface area contributed by atoms with Crippen molar-refractivity contribution < 1.29 is 33.8 Å². The monoisotopic (exact) mass is 804 g/mol. The molecule has 0 aliphatic carbocycles. The zero-order valence-corrected chi connectivity index (χ0v) is 34.7. The minimum absolute atomic E-state index is 0.0323. The number of hydrogen-bond donors (Lipinski definition) is 4. The molecule has 0 fully saturated rings. The second kappa shape index (κ2) is 19.6. The fraction of sp³-hybridized carbons (Fsp3) is 0.390. The molecule has 0 saturated carbocycles. The number of nitrogens with zero attached hydrogens (tertiary/aromatic N) is 3. The van der Waals surface area contributed by atoms with Gasteiger partial charge in [0.05, 0.1) is 5.56 Å². The van der Waals surface area contributed by atoms with Gasteiger partial charge in [0.1, 0.15) is 12.3 Å². The lowest BCUT2D eigenvalue weighted by Crippen LogP contribution is -2.39. The number of aromatic nitrogens is 2. The van der Waals surface area contributed by atoms with Crippen LogP contribution in [0.1, 0.15) is 60.0 Å². The lowest BCUT2D eigenvalue weighted by molar-refractivity contribution is -0.121. The van der Waals surface area contributed by atoms with E-state index >= 15 is 0 Å². The van der Waals surface area contributed by atoms with E-state index < -0.39 is 31.6 Å². The van der Waals surface area contributed by atoms with Gasteiger partial charge in [-0.15, -0.1) is 0 Å². The molecule has 0 unspecified atom stereocenters. The zero-order chi connectivity index (χ0) is 41.0. The predicted molar refractivity (Wildman–Crippen MR) is 222 cm³/mol. The van der Waals surface area contributed by atoms with Crippen LogP contribution in [-0.4, -0.2) is 83.6 Å². The van der Waals surface area contributed by atoms with Crippen molar-refractivity contribution >= 4 is 49.2 Å². The van der Waals surface area contributed by atoms with Gasteiger partial charge in [-0.25, -0.2) is 14.3 Å². The quantitative estimate of drug-likeness (QED) is 0.0546. The van der Waals surface area contributed by atoms with Crippen LogP contribution in [0.5, 0.6) is 0 Å². The highest BCUT2D eigenvalue weighted by Crippen LogP contribution is 2.32. The molecular formula is C41H53ClN6O7Si. The van der Waals surface area contributed by atoms with E-state index in [2.05, 4.69) is 35.4 Å².